The number of hydrogen-bond donors (Lipinski definition) is 1. The van der Waals surface area contributed by atoms with Crippen LogP contribution in [0.1, 0.15) is 29.9 Å². The number of likely N-dealkylation sites (tertiary alicyclic amines) is 1. The van der Waals surface area contributed by atoms with Gasteiger partial charge >= 0.3 is 0 Å². The fourth-order valence-corrected chi connectivity index (χ4v) is 3.87. The van der Waals surface area contributed by atoms with Gasteiger partial charge in [-0.05, 0) is 54.2 Å². The summed E-state index contributed by atoms with van der Waals surface area (Å²) >= 11 is 6.00. The Morgan fingerprint density at radius 2 is 2.08 bits per heavy atom. The van der Waals surface area contributed by atoms with Gasteiger partial charge < -0.3 is 9.88 Å². The van der Waals surface area contributed by atoms with E-state index in [-0.39, 0.29) is 5.91 Å². The molecule has 2 aromatic heterocycles. The number of benzene rings is 1. The largest absolute Gasteiger partial charge is 0.360 e. The Bertz CT molecular complexity index is 897. The number of pyridine rings is 1. The fraction of sp³-hybridized carbons (Fsp3) is 0.300. The Kier molecular flexibility index (Phi) is 4.45. The van der Waals surface area contributed by atoms with E-state index in [1.807, 2.05) is 41.4 Å². The van der Waals surface area contributed by atoms with E-state index in [0.29, 0.717) is 17.4 Å². The zero-order valence-electron chi connectivity index (χ0n) is 13.9. The van der Waals surface area contributed by atoms with Crippen molar-refractivity contribution in [2.45, 2.75) is 25.2 Å². The fourth-order valence-electron chi connectivity index (χ4n) is 3.66. The molecule has 0 unspecified atom stereocenters. The third kappa shape index (κ3) is 3.40. The summed E-state index contributed by atoms with van der Waals surface area (Å²) in [5, 5.41) is 0.677. The Morgan fingerprint density at radius 1 is 1.24 bits per heavy atom. The minimum Gasteiger partial charge on any atom is -0.360 e. The minimum absolute atomic E-state index is 0.178. The molecule has 0 aliphatic carbocycles. The van der Waals surface area contributed by atoms with E-state index in [2.05, 4.69) is 22.2 Å². The lowest BCUT2D eigenvalue weighted by Crippen LogP contribution is -2.38. The van der Waals surface area contributed by atoms with E-state index in [1.54, 1.807) is 0 Å². The van der Waals surface area contributed by atoms with Gasteiger partial charge in [-0.2, -0.15) is 0 Å². The van der Waals surface area contributed by atoms with Crippen molar-refractivity contribution in [2.24, 2.45) is 0 Å². The molecular weight excluding hydrogens is 334 g/mol. The molecule has 0 radical (unpaired) electrons. The molecule has 1 saturated heterocycles. The molecule has 4 rings (SSSR count). The van der Waals surface area contributed by atoms with Crippen molar-refractivity contribution in [3.05, 3.63) is 64.9 Å². The van der Waals surface area contributed by atoms with E-state index < -0.39 is 0 Å². The van der Waals surface area contributed by atoms with Crippen LogP contribution in [0.15, 0.2) is 48.8 Å². The van der Waals surface area contributed by atoms with Crippen LogP contribution in [0.4, 0.5) is 0 Å². The van der Waals surface area contributed by atoms with Crippen LogP contribution >= 0.6 is 11.6 Å². The normalized spacial score (nSPS) is 15.6. The number of carbonyl (C=O) groups is 1. The van der Waals surface area contributed by atoms with Gasteiger partial charge in [-0.15, -0.1) is 0 Å². The molecule has 1 fully saturated rings. The number of carbonyl (C=O) groups excluding carboxylic acids is 1. The number of aromatic amines is 1. The summed E-state index contributed by atoms with van der Waals surface area (Å²) in [6.45, 7) is 1.59. The maximum absolute atomic E-state index is 12.5. The van der Waals surface area contributed by atoms with Crippen molar-refractivity contribution >= 4 is 28.5 Å². The van der Waals surface area contributed by atoms with Crippen LogP contribution in [0.3, 0.4) is 0 Å². The maximum atomic E-state index is 12.5. The van der Waals surface area contributed by atoms with Gasteiger partial charge in [0.1, 0.15) is 0 Å². The Balaban J connectivity index is 1.40. The molecule has 1 N–H and O–H groups in total. The monoisotopic (exact) mass is 353 g/mol. The van der Waals surface area contributed by atoms with Crippen molar-refractivity contribution in [2.75, 3.05) is 13.1 Å². The van der Waals surface area contributed by atoms with E-state index in [9.17, 15) is 4.79 Å². The predicted octanol–water partition coefficient (Wildman–Crippen LogP) is 4.17. The average molecular weight is 354 g/mol. The molecule has 25 heavy (non-hydrogen) atoms. The summed E-state index contributed by atoms with van der Waals surface area (Å²) in [5.41, 5.74) is 4.39. The highest BCUT2D eigenvalue weighted by atomic mass is 35.5. The maximum Gasteiger partial charge on any atom is 0.226 e. The van der Waals surface area contributed by atoms with Crippen LogP contribution < -0.4 is 0 Å². The lowest BCUT2D eigenvalue weighted by Gasteiger charge is -2.32. The van der Waals surface area contributed by atoms with E-state index >= 15 is 0 Å². The van der Waals surface area contributed by atoms with Crippen LogP contribution in [0, 0.1) is 0 Å². The highest BCUT2D eigenvalue weighted by Crippen LogP contribution is 2.32. The van der Waals surface area contributed by atoms with Crippen molar-refractivity contribution in [1.82, 2.24) is 14.9 Å². The average Bonchev–Trinajstić information content (AvgIpc) is 3.06. The van der Waals surface area contributed by atoms with E-state index in [4.69, 9.17) is 11.6 Å². The predicted molar refractivity (Wildman–Crippen MR) is 99.8 cm³/mol. The summed E-state index contributed by atoms with van der Waals surface area (Å²) in [6, 6.07) is 11.5. The zero-order valence-corrected chi connectivity index (χ0v) is 14.7. The molecule has 0 atom stereocenters. The second kappa shape index (κ2) is 6.89. The van der Waals surface area contributed by atoms with Gasteiger partial charge in [-0.3, -0.25) is 9.78 Å². The molecule has 128 valence electrons. The molecule has 3 aromatic rings. The molecule has 4 nitrogen and oxygen atoms in total. The van der Waals surface area contributed by atoms with Gasteiger partial charge in [-0.1, -0.05) is 23.7 Å². The summed E-state index contributed by atoms with van der Waals surface area (Å²) in [6.07, 6.45) is 6.28. The Hall–Kier alpha value is -2.33. The lowest BCUT2D eigenvalue weighted by molar-refractivity contribution is -0.131. The lowest BCUT2D eigenvalue weighted by atomic mass is 9.90. The van der Waals surface area contributed by atoms with E-state index in [0.717, 1.165) is 42.5 Å². The highest BCUT2D eigenvalue weighted by molar-refractivity contribution is 6.30. The van der Waals surface area contributed by atoms with Gasteiger partial charge in [0.15, 0.2) is 0 Å². The number of nitrogens with zero attached hydrogens (tertiary/aromatic N) is 2. The number of nitrogens with one attached hydrogen (secondary N) is 1. The molecule has 1 aliphatic heterocycles. The first-order chi connectivity index (χ1) is 12.2. The molecular formula is C20H20ClN3O. The topological polar surface area (TPSA) is 49.0 Å². The summed E-state index contributed by atoms with van der Waals surface area (Å²) in [7, 11) is 0. The number of H-pyrrole nitrogens is 1. The molecule has 0 spiro atoms. The SMILES string of the molecule is O=C(Cc1cccc(Cl)c1)N1CCC(c2c[nH]c3cccnc23)CC1. The Labute approximate surface area is 151 Å². The summed E-state index contributed by atoms with van der Waals surface area (Å²) in [4.78, 5) is 22.3. The standard InChI is InChI=1S/C20H20ClN3O/c21-16-4-1-3-14(11-16)12-19(25)24-9-6-15(7-10-24)17-13-23-18-5-2-8-22-20(17)18/h1-5,8,11,13,15,23H,6-7,9-10,12H2. The molecule has 0 bridgehead atoms. The number of amides is 1. The number of rotatable bonds is 3. The molecule has 0 saturated carbocycles. The van der Waals surface area contributed by atoms with Gasteiger partial charge in [0.05, 0.1) is 17.5 Å². The van der Waals surface area contributed by atoms with Gasteiger partial charge in [0, 0.05) is 30.5 Å². The minimum atomic E-state index is 0.178. The van der Waals surface area contributed by atoms with Crippen LogP contribution in [-0.2, 0) is 11.2 Å². The first-order valence-corrected chi connectivity index (χ1v) is 9.03. The zero-order chi connectivity index (χ0) is 17.2. The third-order valence-corrected chi connectivity index (χ3v) is 5.23. The number of fused-ring (bicyclic) bond motifs is 1. The molecule has 1 aromatic carbocycles. The second-order valence-corrected chi connectivity index (χ2v) is 7.04. The van der Waals surface area contributed by atoms with Crippen LogP contribution in [0.5, 0.6) is 0 Å². The van der Waals surface area contributed by atoms with Crippen molar-refractivity contribution in [3.8, 4) is 0 Å². The summed E-state index contributed by atoms with van der Waals surface area (Å²) < 4.78 is 0. The van der Waals surface area contributed by atoms with Gasteiger partial charge in [0.2, 0.25) is 5.91 Å². The number of aromatic nitrogens is 2. The van der Waals surface area contributed by atoms with Crippen LogP contribution in [0.2, 0.25) is 5.02 Å². The highest BCUT2D eigenvalue weighted by Gasteiger charge is 2.25. The molecule has 3 heterocycles. The first-order valence-electron chi connectivity index (χ1n) is 8.65. The van der Waals surface area contributed by atoms with Crippen molar-refractivity contribution < 1.29 is 4.79 Å². The molecule has 1 aliphatic rings. The second-order valence-electron chi connectivity index (χ2n) is 6.61. The first kappa shape index (κ1) is 16.2. The molecule has 5 heteroatoms. The van der Waals surface area contributed by atoms with Crippen LogP contribution in [-0.4, -0.2) is 33.9 Å². The number of hydrogen-bond acceptors (Lipinski definition) is 2. The summed E-state index contributed by atoms with van der Waals surface area (Å²) in [5.74, 6) is 0.636. The van der Waals surface area contributed by atoms with Gasteiger partial charge in [-0.25, -0.2) is 0 Å². The molecule has 1 amide bonds. The number of halogens is 1. The Morgan fingerprint density at radius 3 is 2.88 bits per heavy atom. The van der Waals surface area contributed by atoms with Crippen LogP contribution in [0.25, 0.3) is 11.0 Å². The van der Waals surface area contributed by atoms with Crippen molar-refractivity contribution in [1.29, 1.82) is 0 Å². The quantitative estimate of drug-likeness (QED) is 0.768. The smallest absolute Gasteiger partial charge is 0.226 e. The third-order valence-electron chi connectivity index (χ3n) is 5.00. The van der Waals surface area contributed by atoms with Gasteiger partial charge in [0.25, 0.3) is 0 Å². The van der Waals surface area contributed by atoms with E-state index in [1.165, 1.54) is 5.56 Å². The number of piperidine rings is 1. The van der Waals surface area contributed by atoms with Crippen molar-refractivity contribution in [3.63, 3.8) is 0 Å².